The molecule has 2 amide bonds. The van der Waals surface area contributed by atoms with Gasteiger partial charge in [-0.05, 0) is 41.5 Å². The van der Waals surface area contributed by atoms with E-state index in [0.29, 0.717) is 26.2 Å². The smallest absolute Gasteiger partial charge is 0.228 e. The van der Waals surface area contributed by atoms with Crippen LogP contribution in [0, 0.1) is 5.92 Å². The first kappa shape index (κ1) is 18.9. The Morgan fingerprint density at radius 3 is 2.62 bits per heavy atom. The highest BCUT2D eigenvalue weighted by Crippen LogP contribution is 2.24. The number of hydrogen-bond acceptors (Lipinski definition) is 5. The summed E-state index contributed by atoms with van der Waals surface area (Å²) >= 11 is 0. The molecule has 29 heavy (non-hydrogen) atoms. The second kappa shape index (κ2) is 8.68. The number of furan rings is 1. The SMILES string of the molecule is O=C1C[C@@H](C(=O)N(Cc2ccncc2)Cc2cccnc2)CN1Cc1ccco1. The van der Waals surface area contributed by atoms with E-state index in [2.05, 4.69) is 9.97 Å². The molecule has 0 N–H and O–H groups in total. The third-order valence-corrected chi connectivity index (χ3v) is 5.02. The van der Waals surface area contributed by atoms with Crippen LogP contribution in [0.2, 0.25) is 0 Å². The van der Waals surface area contributed by atoms with Crippen molar-refractivity contribution >= 4 is 11.8 Å². The number of carbonyl (C=O) groups excluding carboxylic acids is 2. The largest absolute Gasteiger partial charge is 0.467 e. The van der Waals surface area contributed by atoms with Crippen LogP contribution < -0.4 is 0 Å². The Morgan fingerprint density at radius 1 is 1.07 bits per heavy atom. The summed E-state index contributed by atoms with van der Waals surface area (Å²) in [6.07, 6.45) is 8.71. The molecule has 0 spiro atoms. The molecular formula is C22H22N4O3. The Balaban J connectivity index is 1.49. The van der Waals surface area contributed by atoms with Crippen molar-refractivity contribution in [2.75, 3.05) is 6.54 Å². The van der Waals surface area contributed by atoms with Gasteiger partial charge in [-0.1, -0.05) is 6.07 Å². The molecule has 3 aromatic rings. The molecule has 0 aliphatic carbocycles. The molecule has 0 bridgehead atoms. The minimum absolute atomic E-state index is 0.0232. The van der Waals surface area contributed by atoms with Gasteiger partial charge in [0.1, 0.15) is 5.76 Å². The summed E-state index contributed by atoms with van der Waals surface area (Å²) in [7, 11) is 0. The third kappa shape index (κ3) is 4.68. The molecule has 0 unspecified atom stereocenters. The maximum absolute atomic E-state index is 13.3. The van der Waals surface area contributed by atoms with Crippen LogP contribution in [0.5, 0.6) is 0 Å². The van der Waals surface area contributed by atoms with Gasteiger partial charge in [-0.2, -0.15) is 0 Å². The van der Waals surface area contributed by atoms with E-state index in [1.807, 2.05) is 30.3 Å². The standard InChI is InChI=1S/C22H22N4O3/c27-21-11-19(15-25(21)16-20-4-2-10-29-20)22(28)26(13-17-5-8-23-9-6-17)14-18-3-1-7-24-12-18/h1-10,12,19H,11,13-16H2/t19-/m1/s1. The van der Waals surface area contributed by atoms with Crippen molar-refractivity contribution in [3.63, 3.8) is 0 Å². The summed E-state index contributed by atoms with van der Waals surface area (Å²) < 4.78 is 5.34. The fraction of sp³-hybridized carbons (Fsp3) is 0.273. The molecule has 1 saturated heterocycles. The zero-order valence-corrected chi connectivity index (χ0v) is 16.0. The first-order valence-electron chi connectivity index (χ1n) is 9.56. The molecule has 1 aliphatic heterocycles. The van der Waals surface area contributed by atoms with Gasteiger partial charge in [-0.3, -0.25) is 19.6 Å². The van der Waals surface area contributed by atoms with Gasteiger partial charge in [0.25, 0.3) is 0 Å². The van der Waals surface area contributed by atoms with Gasteiger partial charge in [-0.15, -0.1) is 0 Å². The van der Waals surface area contributed by atoms with E-state index in [4.69, 9.17) is 4.42 Å². The minimum Gasteiger partial charge on any atom is -0.467 e. The highest BCUT2D eigenvalue weighted by molar-refractivity contribution is 5.89. The zero-order valence-electron chi connectivity index (χ0n) is 16.0. The Bertz CT molecular complexity index is 903. The average Bonchev–Trinajstić information content (AvgIpc) is 3.39. The highest BCUT2D eigenvalue weighted by atomic mass is 16.3. The topological polar surface area (TPSA) is 79.5 Å². The lowest BCUT2D eigenvalue weighted by molar-refractivity contribution is -0.137. The average molecular weight is 390 g/mol. The van der Waals surface area contributed by atoms with E-state index < -0.39 is 0 Å². The molecule has 1 atom stereocenters. The molecule has 1 fully saturated rings. The van der Waals surface area contributed by atoms with E-state index in [1.54, 1.807) is 46.9 Å². The van der Waals surface area contributed by atoms with Crippen LogP contribution in [-0.2, 0) is 29.2 Å². The number of likely N-dealkylation sites (tertiary alicyclic amines) is 1. The van der Waals surface area contributed by atoms with Crippen molar-refractivity contribution in [2.24, 2.45) is 5.92 Å². The summed E-state index contributed by atoms with van der Waals surface area (Å²) in [6, 6.07) is 11.2. The summed E-state index contributed by atoms with van der Waals surface area (Å²) in [4.78, 5) is 37.5. The quantitative estimate of drug-likeness (QED) is 0.620. The lowest BCUT2D eigenvalue weighted by Gasteiger charge is -2.26. The van der Waals surface area contributed by atoms with Crippen molar-refractivity contribution in [1.82, 2.24) is 19.8 Å². The Kier molecular flexibility index (Phi) is 5.65. The second-order valence-electron chi connectivity index (χ2n) is 7.17. The van der Waals surface area contributed by atoms with Gasteiger partial charge in [0.05, 0.1) is 18.7 Å². The van der Waals surface area contributed by atoms with E-state index in [-0.39, 0.29) is 24.2 Å². The van der Waals surface area contributed by atoms with Crippen molar-refractivity contribution in [3.05, 3.63) is 84.3 Å². The third-order valence-electron chi connectivity index (χ3n) is 5.02. The number of hydrogen-bond donors (Lipinski definition) is 0. The van der Waals surface area contributed by atoms with E-state index >= 15 is 0 Å². The van der Waals surface area contributed by atoms with E-state index in [1.165, 1.54) is 0 Å². The molecule has 4 rings (SSSR count). The summed E-state index contributed by atoms with van der Waals surface area (Å²) in [5.74, 6) is 0.303. The molecule has 1 aliphatic rings. The van der Waals surface area contributed by atoms with Crippen LogP contribution in [0.4, 0.5) is 0 Å². The summed E-state index contributed by atoms with van der Waals surface area (Å²) in [5, 5.41) is 0. The maximum atomic E-state index is 13.3. The van der Waals surface area contributed by atoms with Gasteiger partial charge in [0, 0.05) is 50.8 Å². The lowest BCUT2D eigenvalue weighted by Crippen LogP contribution is -2.36. The van der Waals surface area contributed by atoms with Crippen molar-refractivity contribution in [3.8, 4) is 0 Å². The molecule has 7 heteroatoms. The number of aromatic nitrogens is 2. The van der Waals surface area contributed by atoms with Crippen LogP contribution in [0.15, 0.2) is 71.9 Å². The normalized spacial score (nSPS) is 16.2. The number of nitrogens with zero attached hydrogens (tertiary/aromatic N) is 4. The number of amides is 2. The predicted molar refractivity (Wildman–Crippen MR) is 105 cm³/mol. The number of pyridine rings is 2. The summed E-state index contributed by atoms with van der Waals surface area (Å²) in [6.45, 7) is 1.69. The molecule has 7 nitrogen and oxygen atoms in total. The first-order chi connectivity index (χ1) is 14.2. The monoisotopic (exact) mass is 390 g/mol. The number of carbonyl (C=O) groups is 2. The van der Waals surface area contributed by atoms with Crippen LogP contribution in [0.3, 0.4) is 0 Å². The highest BCUT2D eigenvalue weighted by Gasteiger charge is 2.36. The lowest BCUT2D eigenvalue weighted by atomic mass is 10.1. The molecule has 0 aromatic carbocycles. The molecule has 148 valence electrons. The fourth-order valence-electron chi connectivity index (χ4n) is 3.57. The van der Waals surface area contributed by atoms with Gasteiger partial charge in [-0.25, -0.2) is 0 Å². The van der Waals surface area contributed by atoms with Crippen molar-refractivity contribution < 1.29 is 14.0 Å². The van der Waals surface area contributed by atoms with Crippen LogP contribution in [0.25, 0.3) is 0 Å². The molecule has 3 aromatic heterocycles. The maximum Gasteiger partial charge on any atom is 0.228 e. The Morgan fingerprint density at radius 2 is 1.90 bits per heavy atom. The second-order valence-corrected chi connectivity index (χ2v) is 7.17. The molecular weight excluding hydrogens is 368 g/mol. The minimum atomic E-state index is -0.365. The Hall–Kier alpha value is -3.48. The van der Waals surface area contributed by atoms with Gasteiger partial charge < -0.3 is 14.2 Å². The molecule has 0 saturated carbocycles. The van der Waals surface area contributed by atoms with Gasteiger partial charge in [0.15, 0.2) is 0 Å². The first-order valence-corrected chi connectivity index (χ1v) is 9.56. The van der Waals surface area contributed by atoms with E-state index in [9.17, 15) is 9.59 Å². The predicted octanol–water partition coefficient (Wildman–Crippen LogP) is 2.65. The van der Waals surface area contributed by atoms with Crippen LogP contribution >= 0.6 is 0 Å². The van der Waals surface area contributed by atoms with Crippen LogP contribution in [-0.4, -0.2) is 38.1 Å². The Labute approximate surface area is 169 Å². The molecule has 0 radical (unpaired) electrons. The number of rotatable bonds is 7. The zero-order chi connectivity index (χ0) is 20.1. The van der Waals surface area contributed by atoms with Crippen molar-refractivity contribution in [1.29, 1.82) is 0 Å². The molecule has 4 heterocycles. The van der Waals surface area contributed by atoms with Gasteiger partial charge >= 0.3 is 0 Å². The van der Waals surface area contributed by atoms with Crippen molar-refractivity contribution in [2.45, 2.75) is 26.1 Å². The van der Waals surface area contributed by atoms with Gasteiger partial charge in [0.2, 0.25) is 11.8 Å². The summed E-state index contributed by atoms with van der Waals surface area (Å²) in [5.41, 5.74) is 1.95. The fourth-order valence-corrected chi connectivity index (χ4v) is 3.57. The van der Waals surface area contributed by atoms with Crippen LogP contribution in [0.1, 0.15) is 23.3 Å². The van der Waals surface area contributed by atoms with E-state index in [0.717, 1.165) is 16.9 Å².